The number of benzene rings is 2. The minimum atomic E-state index is -0.229. The van der Waals surface area contributed by atoms with Crippen molar-refractivity contribution in [1.29, 1.82) is 0 Å². The molecule has 2 heterocycles. The molecular formula is C22H25N3O3. The van der Waals surface area contributed by atoms with Gasteiger partial charge in [0.1, 0.15) is 5.75 Å². The predicted octanol–water partition coefficient (Wildman–Crippen LogP) is 4.47. The highest BCUT2D eigenvalue weighted by Crippen LogP contribution is 2.45. The molecule has 1 atom stereocenters. The first-order valence-corrected chi connectivity index (χ1v) is 9.21. The summed E-state index contributed by atoms with van der Waals surface area (Å²) in [5.41, 5.74) is 7.67. The van der Waals surface area contributed by atoms with E-state index in [4.69, 9.17) is 19.3 Å². The number of rotatable bonds is 4. The first-order valence-electron chi connectivity index (χ1n) is 9.21. The summed E-state index contributed by atoms with van der Waals surface area (Å²) in [5.74, 6) is 1.99. The van der Waals surface area contributed by atoms with Crippen molar-refractivity contribution in [1.82, 2.24) is 9.78 Å². The maximum absolute atomic E-state index is 5.68. The van der Waals surface area contributed by atoms with Gasteiger partial charge in [0.2, 0.25) is 0 Å². The Morgan fingerprint density at radius 3 is 2.21 bits per heavy atom. The van der Waals surface area contributed by atoms with Gasteiger partial charge in [0, 0.05) is 22.9 Å². The standard InChI is InChI=1S/C22H25N3O3/c1-12-7-13(2)21-15(8-12)17-9-14(3)24-25(17)22(23-21)16-10-19(27-5)20(28-6)11-18(16)26-4/h7-11,22-23H,1-6H3/t22-/m0/s1. The summed E-state index contributed by atoms with van der Waals surface area (Å²) in [5, 5.41) is 8.43. The molecule has 1 aromatic heterocycles. The molecule has 6 heteroatoms. The first kappa shape index (κ1) is 18.2. The van der Waals surface area contributed by atoms with Gasteiger partial charge in [-0.15, -0.1) is 0 Å². The molecule has 0 unspecified atom stereocenters. The van der Waals surface area contributed by atoms with E-state index in [-0.39, 0.29) is 6.17 Å². The van der Waals surface area contributed by atoms with Crippen LogP contribution in [0.2, 0.25) is 0 Å². The minimum absolute atomic E-state index is 0.229. The molecular weight excluding hydrogens is 354 g/mol. The van der Waals surface area contributed by atoms with Crippen LogP contribution in [0.3, 0.4) is 0 Å². The van der Waals surface area contributed by atoms with E-state index >= 15 is 0 Å². The van der Waals surface area contributed by atoms with Crippen molar-refractivity contribution in [3.63, 3.8) is 0 Å². The van der Waals surface area contributed by atoms with Gasteiger partial charge in [0.15, 0.2) is 17.7 Å². The molecule has 2 aromatic carbocycles. The second kappa shape index (κ2) is 6.78. The lowest BCUT2D eigenvalue weighted by Gasteiger charge is -2.31. The van der Waals surface area contributed by atoms with Crippen LogP contribution in [-0.2, 0) is 0 Å². The lowest BCUT2D eigenvalue weighted by Crippen LogP contribution is -2.27. The first-order chi connectivity index (χ1) is 13.5. The monoisotopic (exact) mass is 379 g/mol. The average Bonchev–Trinajstić information content (AvgIpc) is 3.08. The molecule has 0 radical (unpaired) electrons. The normalized spacial score (nSPS) is 14.7. The molecule has 1 aliphatic rings. The Morgan fingerprint density at radius 2 is 1.54 bits per heavy atom. The van der Waals surface area contributed by atoms with Gasteiger partial charge in [0.05, 0.1) is 32.7 Å². The number of hydrogen-bond acceptors (Lipinski definition) is 5. The minimum Gasteiger partial charge on any atom is -0.496 e. The fourth-order valence-corrected chi connectivity index (χ4v) is 3.95. The summed E-state index contributed by atoms with van der Waals surface area (Å²) in [6.07, 6.45) is -0.229. The van der Waals surface area contributed by atoms with Gasteiger partial charge in [-0.1, -0.05) is 11.6 Å². The van der Waals surface area contributed by atoms with E-state index in [1.165, 1.54) is 11.1 Å². The van der Waals surface area contributed by atoms with E-state index in [1.807, 2.05) is 23.7 Å². The van der Waals surface area contributed by atoms with Gasteiger partial charge in [-0.2, -0.15) is 5.10 Å². The second-order valence-electron chi connectivity index (χ2n) is 7.12. The maximum atomic E-state index is 5.68. The number of hydrogen-bond donors (Lipinski definition) is 1. The molecule has 4 rings (SSSR count). The third-order valence-corrected chi connectivity index (χ3v) is 5.17. The van der Waals surface area contributed by atoms with Crippen LogP contribution in [0.5, 0.6) is 17.2 Å². The Kier molecular flexibility index (Phi) is 4.41. The van der Waals surface area contributed by atoms with Crippen molar-refractivity contribution in [3.05, 3.63) is 52.7 Å². The number of nitrogens with one attached hydrogen (secondary N) is 1. The highest BCUT2D eigenvalue weighted by atomic mass is 16.5. The van der Waals surface area contributed by atoms with E-state index in [9.17, 15) is 0 Å². The highest BCUT2D eigenvalue weighted by Gasteiger charge is 2.30. The zero-order valence-electron chi connectivity index (χ0n) is 17.1. The van der Waals surface area contributed by atoms with Crippen LogP contribution in [0, 0.1) is 20.8 Å². The maximum Gasteiger partial charge on any atom is 0.164 e. The fraction of sp³-hybridized carbons (Fsp3) is 0.318. The molecule has 0 saturated carbocycles. The number of ether oxygens (including phenoxy) is 3. The van der Waals surface area contributed by atoms with Crippen LogP contribution in [-0.4, -0.2) is 31.1 Å². The van der Waals surface area contributed by atoms with E-state index in [0.29, 0.717) is 17.2 Å². The molecule has 28 heavy (non-hydrogen) atoms. The molecule has 0 spiro atoms. The Bertz CT molecular complexity index is 1060. The van der Waals surface area contributed by atoms with E-state index in [2.05, 4.69) is 37.4 Å². The Hall–Kier alpha value is -3.15. The molecule has 146 valence electrons. The van der Waals surface area contributed by atoms with Crippen molar-refractivity contribution < 1.29 is 14.2 Å². The van der Waals surface area contributed by atoms with Crippen molar-refractivity contribution in [2.75, 3.05) is 26.6 Å². The number of anilines is 1. The van der Waals surface area contributed by atoms with Crippen LogP contribution >= 0.6 is 0 Å². The van der Waals surface area contributed by atoms with Gasteiger partial charge < -0.3 is 19.5 Å². The van der Waals surface area contributed by atoms with E-state index in [1.54, 1.807) is 21.3 Å². The molecule has 0 saturated heterocycles. The van der Waals surface area contributed by atoms with Crippen molar-refractivity contribution in [3.8, 4) is 28.5 Å². The summed E-state index contributed by atoms with van der Waals surface area (Å²) >= 11 is 0. The van der Waals surface area contributed by atoms with Gasteiger partial charge in [0.25, 0.3) is 0 Å². The third-order valence-electron chi connectivity index (χ3n) is 5.17. The van der Waals surface area contributed by atoms with E-state index < -0.39 is 0 Å². The Balaban J connectivity index is 1.95. The van der Waals surface area contributed by atoms with Crippen LogP contribution in [0.4, 0.5) is 5.69 Å². The third kappa shape index (κ3) is 2.76. The quantitative estimate of drug-likeness (QED) is 0.725. The molecule has 3 aromatic rings. The molecule has 0 fully saturated rings. The molecule has 0 amide bonds. The van der Waals surface area contributed by atoms with Gasteiger partial charge >= 0.3 is 0 Å². The Morgan fingerprint density at radius 1 is 0.857 bits per heavy atom. The smallest absolute Gasteiger partial charge is 0.164 e. The highest BCUT2D eigenvalue weighted by molar-refractivity contribution is 5.82. The molecule has 1 aliphatic heterocycles. The Labute approximate surface area is 165 Å². The lowest BCUT2D eigenvalue weighted by atomic mass is 9.97. The van der Waals surface area contributed by atoms with Crippen molar-refractivity contribution in [2.24, 2.45) is 0 Å². The summed E-state index contributed by atoms with van der Waals surface area (Å²) in [6.45, 7) is 6.25. The zero-order chi connectivity index (χ0) is 20.0. The van der Waals surface area contributed by atoms with Gasteiger partial charge in [-0.05, 0) is 44.5 Å². The molecule has 0 bridgehead atoms. The number of fused-ring (bicyclic) bond motifs is 3. The SMILES string of the molecule is COc1cc(OC)c([C@H]2Nc3c(C)cc(C)cc3-c3cc(C)nn32)cc1OC. The largest absolute Gasteiger partial charge is 0.496 e. The number of aryl methyl sites for hydroxylation is 3. The fourth-order valence-electron chi connectivity index (χ4n) is 3.95. The summed E-state index contributed by atoms with van der Waals surface area (Å²) in [6, 6.07) is 10.3. The second-order valence-corrected chi connectivity index (χ2v) is 7.12. The van der Waals surface area contributed by atoms with Crippen LogP contribution in [0.25, 0.3) is 11.3 Å². The van der Waals surface area contributed by atoms with Crippen LogP contribution < -0.4 is 19.5 Å². The van der Waals surface area contributed by atoms with Crippen molar-refractivity contribution in [2.45, 2.75) is 26.9 Å². The average molecular weight is 379 g/mol. The predicted molar refractivity (Wildman–Crippen MR) is 110 cm³/mol. The zero-order valence-corrected chi connectivity index (χ0v) is 17.1. The number of nitrogens with zero attached hydrogens (tertiary/aromatic N) is 2. The molecule has 1 N–H and O–H groups in total. The lowest BCUT2D eigenvalue weighted by molar-refractivity contribution is 0.345. The summed E-state index contributed by atoms with van der Waals surface area (Å²) in [4.78, 5) is 0. The van der Waals surface area contributed by atoms with Crippen molar-refractivity contribution >= 4 is 5.69 Å². The topological polar surface area (TPSA) is 57.5 Å². The van der Waals surface area contributed by atoms with Gasteiger partial charge in [-0.3, -0.25) is 0 Å². The van der Waals surface area contributed by atoms with E-state index in [0.717, 1.165) is 28.2 Å². The molecule has 0 aliphatic carbocycles. The number of aromatic nitrogens is 2. The van der Waals surface area contributed by atoms with Crippen LogP contribution in [0.15, 0.2) is 30.3 Å². The van der Waals surface area contributed by atoms with Crippen LogP contribution in [0.1, 0.15) is 28.6 Å². The summed E-state index contributed by atoms with van der Waals surface area (Å²) in [7, 11) is 4.91. The summed E-state index contributed by atoms with van der Waals surface area (Å²) < 4.78 is 18.7. The number of methoxy groups -OCH3 is 3. The molecule has 6 nitrogen and oxygen atoms in total. The van der Waals surface area contributed by atoms with Gasteiger partial charge in [-0.25, -0.2) is 4.68 Å².